The fraction of sp³-hybridized carbons (Fsp3) is 0.500. The lowest BCUT2D eigenvalue weighted by atomic mass is 9.93. The summed E-state index contributed by atoms with van der Waals surface area (Å²) in [5.74, 6) is -0.814. The maximum Gasteiger partial charge on any atom is 0.130 e. The van der Waals surface area contributed by atoms with E-state index in [4.69, 9.17) is 5.73 Å². The molecule has 2 atom stereocenters. The quantitative estimate of drug-likeness (QED) is 0.834. The molecule has 1 aliphatic rings. The van der Waals surface area contributed by atoms with E-state index in [-0.39, 0.29) is 17.5 Å². The molecule has 2 unspecified atom stereocenters. The molecule has 16 heavy (non-hydrogen) atoms. The second-order valence-electron chi connectivity index (χ2n) is 4.35. The highest BCUT2D eigenvalue weighted by atomic mass is 19.1. The Kier molecular flexibility index (Phi) is 3.21. The molecule has 88 valence electrons. The predicted octanol–water partition coefficient (Wildman–Crippen LogP) is 1.92. The molecule has 0 bridgehead atoms. The second kappa shape index (κ2) is 4.47. The summed E-state index contributed by atoms with van der Waals surface area (Å²) < 4.78 is 27.4. The Balaban J connectivity index is 2.42. The summed E-state index contributed by atoms with van der Waals surface area (Å²) in [6.07, 6.45) is 0.894. The first kappa shape index (κ1) is 11.5. The molecule has 0 aromatic heterocycles. The minimum absolute atomic E-state index is 0.136. The number of rotatable bonds is 2. The normalized spacial score (nSPS) is 26.2. The monoisotopic (exact) mass is 226 g/mol. The van der Waals surface area contributed by atoms with Crippen LogP contribution in [0.25, 0.3) is 0 Å². The number of hydrogen-bond acceptors (Lipinski definition) is 2. The zero-order chi connectivity index (χ0) is 11.7. The standard InChI is InChI=1S/C12H16F2N2/c1-16-6-5-8(7-15)12(16)11-9(13)3-2-4-10(11)14/h2-4,8,12H,5-7,15H2,1H3. The lowest BCUT2D eigenvalue weighted by Crippen LogP contribution is -2.27. The second-order valence-corrected chi connectivity index (χ2v) is 4.35. The van der Waals surface area contributed by atoms with Crippen LogP contribution < -0.4 is 5.73 Å². The Morgan fingerprint density at radius 3 is 2.56 bits per heavy atom. The van der Waals surface area contributed by atoms with Gasteiger partial charge >= 0.3 is 0 Å². The molecule has 2 N–H and O–H groups in total. The highest BCUT2D eigenvalue weighted by molar-refractivity contribution is 5.25. The van der Waals surface area contributed by atoms with E-state index in [2.05, 4.69) is 0 Å². The lowest BCUT2D eigenvalue weighted by Gasteiger charge is -2.25. The molecule has 1 fully saturated rings. The average molecular weight is 226 g/mol. The van der Waals surface area contributed by atoms with E-state index >= 15 is 0 Å². The van der Waals surface area contributed by atoms with E-state index in [1.165, 1.54) is 18.2 Å². The number of nitrogens with two attached hydrogens (primary N) is 1. The number of halogens is 2. The van der Waals surface area contributed by atoms with Crippen molar-refractivity contribution in [2.75, 3.05) is 20.1 Å². The molecular weight excluding hydrogens is 210 g/mol. The summed E-state index contributed by atoms with van der Waals surface area (Å²) >= 11 is 0. The van der Waals surface area contributed by atoms with Crippen LogP contribution in [0.3, 0.4) is 0 Å². The number of hydrogen-bond donors (Lipinski definition) is 1. The summed E-state index contributed by atoms with van der Waals surface area (Å²) in [5, 5.41) is 0. The van der Waals surface area contributed by atoms with Gasteiger partial charge in [0.15, 0.2) is 0 Å². The molecule has 0 amide bonds. The van der Waals surface area contributed by atoms with Crippen LogP contribution in [0.15, 0.2) is 18.2 Å². The van der Waals surface area contributed by atoms with Gasteiger partial charge in [0.25, 0.3) is 0 Å². The van der Waals surface area contributed by atoms with Crippen LogP contribution >= 0.6 is 0 Å². The zero-order valence-corrected chi connectivity index (χ0v) is 9.29. The Morgan fingerprint density at radius 1 is 1.38 bits per heavy atom. The Labute approximate surface area is 94.0 Å². The van der Waals surface area contributed by atoms with Crippen molar-refractivity contribution in [1.29, 1.82) is 0 Å². The van der Waals surface area contributed by atoms with E-state index in [0.29, 0.717) is 6.54 Å². The topological polar surface area (TPSA) is 29.3 Å². The lowest BCUT2D eigenvalue weighted by molar-refractivity contribution is 0.264. The molecule has 0 aliphatic carbocycles. The third-order valence-electron chi connectivity index (χ3n) is 3.37. The Morgan fingerprint density at radius 2 is 2.00 bits per heavy atom. The van der Waals surface area contributed by atoms with Crippen molar-refractivity contribution in [3.05, 3.63) is 35.4 Å². The molecule has 1 saturated heterocycles. The molecule has 0 radical (unpaired) electrons. The van der Waals surface area contributed by atoms with Gasteiger partial charge in [-0.3, -0.25) is 4.90 Å². The maximum absolute atomic E-state index is 13.7. The molecule has 1 heterocycles. The van der Waals surface area contributed by atoms with Crippen LogP contribution in [0.5, 0.6) is 0 Å². The number of likely N-dealkylation sites (tertiary alicyclic amines) is 1. The Hall–Kier alpha value is -1.00. The largest absolute Gasteiger partial charge is 0.330 e. The van der Waals surface area contributed by atoms with Crippen molar-refractivity contribution in [2.45, 2.75) is 12.5 Å². The summed E-state index contributed by atoms with van der Waals surface area (Å²) in [4.78, 5) is 1.97. The van der Waals surface area contributed by atoms with Gasteiger partial charge in [0.1, 0.15) is 11.6 Å². The minimum Gasteiger partial charge on any atom is -0.330 e. The van der Waals surface area contributed by atoms with Crippen LogP contribution in [0.4, 0.5) is 8.78 Å². The molecule has 1 aromatic rings. The molecule has 1 aliphatic heterocycles. The van der Waals surface area contributed by atoms with Crippen LogP contribution in [0.2, 0.25) is 0 Å². The SMILES string of the molecule is CN1CCC(CN)C1c1c(F)cccc1F. The van der Waals surface area contributed by atoms with Crippen LogP contribution in [0.1, 0.15) is 18.0 Å². The highest BCUT2D eigenvalue weighted by Crippen LogP contribution is 2.37. The van der Waals surface area contributed by atoms with Crippen molar-refractivity contribution in [1.82, 2.24) is 4.90 Å². The maximum atomic E-state index is 13.7. The molecule has 0 spiro atoms. The van der Waals surface area contributed by atoms with Crippen molar-refractivity contribution in [2.24, 2.45) is 11.7 Å². The van der Waals surface area contributed by atoms with E-state index in [1.807, 2.05) is 11.9 Å². The zero-order valence-electron chi connectivity index (χ0n) is 9.29. The smallest absolute Gasteiger partial charge is 0.130 e. The van der Waals surface area contributed by atoms with Crippen LogP contribution in [-0.2, 0) is 0 Å². The summed E-state index contributed by atoms with van der Waals surface area (Å²) in [5.41, 5.74) is 5.82. The van der Waals surface area contributed by atoms with Gasteiger partial charge in [0, 0.05) is 11.6 Å². The third-order valence-corrected chi connectivity index (χ3v) is 3.37. The Bertz CT molecular complexity index is 361. The fourth-order valence-corrected chi connectivity index (χ4v) is 2.52. The van der Waals surface area contributed by atoms with Crippen molar-refractivity contribution < 1.29 is 8.78 Å². The van der Waals surface area contributed by atoms with Gasteiger partial charge in [0.2, 0.25) is 0 Å². The van der Waals surface area contributed by atoms with Gasteiger partial charge in [-0.15, -0.1) is 0 Å². The molecule has 4 heteroatoms. The van der Waals surface area contributed by atoms with Crippen LogP contribution in [-0.4, -0.2) is 25.0 Å². The average Bonchev–Trinajstić information content (AvgIpc) is 2.60. The molecule has 1 aromatic carbocycles. The van der Waals surface area contributed by atoms with Gasteiger partial charge in [-0.1, -0.05) is 6.07 Å². The first-order valence-corrected chi connectivity index (χ1v) is 5.49. The van der Waals surface area contributed by atoms with Gasteiger partial charge in [0.05, 0.1) is 0 Å². The van der Waals surface area contributed by atoms with E-state index in [0.717, 1.165) is 13.0 Å². The minimum atomic E-state index is -0.475. The van der Waals surface area contributed by atoms with E-state index in [1.54, 1.807) is 0 Å². The van der Waals surface area contributed by atoms with Crippen molar-refractivity contribution >= 4 is 0 Å². The van der Waals surface area contributed by atoms with Crippen LogP contribution in [0, 0.1) is 17.6 Å². The first-order valence-electron chi connectivity index (χ1n) is 5.49. The molecular formula is C12H16F2N2. The van der Waals surface area contributed by atoms with E-state index in [9.17, 15) is 8.78 Å². The number of nitrogens with zero attached hydrogens (tertiary/aromatic N) is 1. The third kappa shape index (κ3) is 1.83. The van der Waals surface area contributed by atoms with Crippen molar-refractivity contribution in [3.63, 3.8) is 0 Å². The van der Waals surface area contributed by atoms with E-state index < -0.39 is 11.6 Å². The van der Waals surface area contributed by atoms with Crippen molar-refractivity contribution in [3.8, 4) is 0 Å². The molecule has 0 saturated carbocycles. The highest BCUT2D eigenvalue weighted by Gasteiger charge is 2.35. The number of benzene rings is 1. The molecule has 2 rings (SSSR count). The first-order chi connectivity index (χ1) is 7.65. The van der Waals surface area contributed by atoms with Gasteiger partial charge in [-0.05, 0) is 44.6 Å². The van der Waals surface area contributed by atoms with Gasteiger partial charge < -0.3 is 5.73 Å². The predicted molar refractivity (Wildman–Crippen MR) is 58.9 cm³/mol. The molecule has 2 nitrogen and oxygen atoms in total. The summed E-state index contributed by atoms with van der Waals surface area (Å²) in [6.45, 7) is 1.29. The van der Waals surface area contributed by atoms with Gasteiger partial charge in [-0.2, -0.15) is 0 Å². The summed E-state index contributed by atoms with van der Waals surface area (Å²) in [6, 6.07) is 3.77. The fourth-order valence-electron chi connectivity index (χ4n) is 2.52. The summed E-state index contributed by atoms with van der Waals surface area (Å²) in [7, 11) is 1.88. The van der Waals surface area contributed by atoms with Gasteiger partial charge in [-0.25, -0.2) is 8.78 Å².